The fraction of sp³-hybridized carbons (Fsp3) is 0.533. The van der Waals surface area contributed by atoms with Crippen LogP contribution >= 0.6 is 11.6 Å². The molecule has 0 atom stereocenters. The average Bonchev–Trinajstić information content (AvgIpc) is 2.24. The van der Waals surface area contributed by atoms with Crippen molar-refractivity contribution in [2.45, 2.75) is 25.7 Å². The molecule has 4 heteroatoms. The third kappa shape index (κ3) is 2.76. The van der Waals surface area contributed by atoms with Gasteiger partial charge in [-0.3, -0.25) is 4.79 Å². The number of carbonyl (C=O) groups excluding carboxylic acids is 1. The van der Waals surface area contributed by atoms with Crippen molar-refractivity contribution in [3.63, 3.8) is 0 Å². The summed E-state index contributed by atoms with van der Waals surface area (Å²) in [6, 6.07) is 0. The van der Waals surface area contributed by atoms with E-state index >= 15 is 0 Å². The van der Waals surface area contributed by atoms with E-state index in [1.54, 1.807) is 0 Å². The van der Waals surface area contributed by atoms with Gasteiger partial charge in [-0.2, -0.15) is 0 Å². The second-order valence-corrected chi connectivity index (χ2v) is 6.16. The number of methoxy groups -OCH3 is 1. The molecule has 2 nitrogen and oxygen atoms in total. The van der Waals surface area contributed by atoms with Crippen molar-refractivity contribution >= 4 is 17.6 Å². The minimum absolute atomic E-state index is 0.0501. The highest BCUT2D eigenvalue weighted by molar-refractivity contribution is 6.31. The summed E-state index contributed by atoms with van der Waals surface area (Å²) in [5.74, 6) is -0.291. The average molecular weight is 285 g/mol. The van der Waals surface area contributed by atoms with Crippen molar-refractivity contribution in [1.82, 2.24) is 0 Å². The third-order valence-electron chi connectivity index (χ3n) is 4.35. The lowest BCUT2D eigenvalue weighted by atomic mass is 9.47. The number of halogens is 2. The summed E-state index contributed by atoms with van der Waals surface area (Å²) < 4.78 is 18.0. The molecule has 0 bridgehead atoms. The molecule has 0 amide bonds. The number of rotatable bonds is 4. The van der Waals surface area contributed by atoms with Crippen LogP contribution in [0.2, 0.25) is 0 Å². The van der Waals surface area contributed by atoms with Gasteiger partial charge in [-0.25, -0.2) is 4.39 Å². The summed E-state index contributed by atoms with van der Waals surface area (Å²) in [7, 11) is 1.42. The van der Waals surface area contributed by atoms with E-state index in [0.717, 1.165) is 31.3 Å². The van der Waals surface area contributed by atoms with Gasteiger partial charge >= 0.3 is 5.97 Å². The number of allylic oxidation sites excluding steroid dienone is 4. The van der Waals surface area contributed by atoms with Crippen molar-refractivity contribution in [3.05, 3.63) is 35.7 Å². The highest BCUT2D eigenvalue weighted by Gasteiger charge is 2.55. The number of hydrogen-bond acceptors (Lipinski definition) is 2. The minimum atomic E-state index is -0.520. The van der Waals surface area contributed by atoms with Crippen LogP contribution in [0.1, 0.15) is 25.7 Å². The van der Waals surface area contributed by atoms with Crippen LogP contribution in [0.3, 0.4) is 0 Å². The maximum absolute atomic E-state index is 13.3. The smallest absolute Gasteiger partial charge is 0.308 e. The summed E-state index contributed by atoms with van der Waals surface area (Å²) in [6.07, 6.45) is 5.08. The molecule has 0 N–H and O–H groups in total. The van der Waals surface area contributed by atoms with Crippen LogP contribution in [0.15, 0.2) is 35.7 Å². The highest BCUT2D eigenvalue weighted by Crippen LogP contribution is 2.62. The quantitative estimate of drug-likeness (QED) is 0.573. The zero-order chi connectivity index (χ0) is 14.2. The van der Waals surface area contributed by atoms with Gasteiger partial charge in [0.25, 0.3) is 0 Å². The molecule has 2 fully saturated rings. The van der Waals surface area contributed by atoms with Crippen LogP contribution in [0.5, 0.6) is 0 Å². The van der Waals surface area contributed by atoms with Crippen molar-refractivity contribution in [2.24, 2.45) is 17.3 Å². The summed E-state index contributed by atoms with van der Waals surface area (Å²) in [4.78, 5) is 11.3. The standard InChI is InChI=1S/C15H18ClFO2/c1-9(4-13(17)10(2)16)11-5-15(6-11)7-12(8-15)14(18)19-3/h4,11-12H,1-2,5-8H2,3H3/b13-4+. The summed E-state index contributed by atoms with van der Waals surface area (Å²) in [5.41, 5.74) is 1.01. The molecule has 0 aliphatic heterocycles. The van der Waals surface area contributed by atoms with Gasteiger partial charge in [0.15, 0.2) is 0 Å². The van der Waals surface area contributed by atoms with Crippen LogP contribution in [0, 0.1) is 17.3 Å². The molecular formula is C15H18ClFO2. The first-order chi connectivity index (χ1) is 8.87. The first-order valence-electron chi connectivity index (χ1n) is 6.35. The van der Waals surface area contributed by atoms with Crippen LogP contribution in [-0.4, -0.2) is 13.1 Å². The van der Waals surface area contributed by atoms with Gasteiger partial charge in [-0.15, -0.1) is 0 Å². The normalized spacial score (nSPS) is 33.3. The van der Waals surface area contributed by atoms with Gasteiger partial charge < -0.3 is 4.74 Å². The molecule has 2 aliphatic carbocycles. The van der Waals surface area contributed by atoms with Gasteiger partial charge in [0.1, 0.15) is 5.83 Å². The molecule has 0 radical (unpaired) electrons. The Morgan fingerprint density at radius 3 is 2.32 bits per heavy atom. The molecule has 2 rings (SSSR count). The molecule has 1 spiro atoms. The Bertz CT molecular complexity index is 453. The second-order valence-electron chi connectivity index (χ2n) is 5.71. The molecular weight excluding hydrogens is 267 g/mol. The molecule has 19 heavy (non-hydrogen) atoms. The molecule has 0 unspecified atom stereocenters. The predicted molar refractivity (Wildman–Crippen MR) is 73.2 cm³/mol. The Kier molecular flexibility index (Phi) is 3.86. The van der Waals surface area contributed by atoms with Crippen LogP contribution in [-0.2, 0) is 9.53 Å². The molecule has 2 saturated carbocycles. The second kappa shape index (κ2) is 5.12. The SMILES string of the molecule is C=C(Cl)/C(F)=C\C(=C)C1CC2(C1)CC(C(=O)OC)C2. The maximum atomic E-state index is 13.3. The van der Waals surface area contributed by atoms with E-state index in [2.05, 4.69) is 13.2 Å². The Morgan fingerprint density at radius 1 is 1.32 bits per heavy atom. The van der Waals surface area contributed by atoms with E-state index in [1.165, 1.54) is 13.2 Å². The fourth-order valence-corrected chi connectivity index (χ4v) is 3.31. The summed E-state index contributed by atoms with van der Waals surface area (Å²) >= 11 is 5.47. The van der Waals surface area contributed by atoms with Crippen molar-refractivity contribution in [2.75, 3.05) is 7.11 Å². The van der Waals surface area contributed by atoms with Crippen molar-refractivity contribution in [3.8, 4) is 0 Å². The van der Waals surface area contributed by atoms with Gasteiger partial charge in [0.2, 0.25) is 0 Å². The predicted octanol–water partition coefficient (Wildman–Crippen LogP) is 4.13. The first kappa shape index (κ1) is 14.3. The van der Waals surface area contributed by atoms with Crippen LogP contribution in [0.25, 0.3) is 0 Å². The van der Waals surface area contributed by atoms with Crippen LogP contribution < -0.4 is 0 Å². The lowest BCUT2D eigenvalue weighted by Crippen LogP contribution is -2.50. The van der Waals surface area contributed by atoms with Gasteiger partial charge in [0.05, 0.1) is 18.1 Å². The molecule has 2 aliphatic rings. The fourth-order valence-electron chi connectivity index (χ4n) is 3.26. The zero-order valence-corrected chi connectivity index (χ0v) is 11.8. The van der Waals surface area contributed by atoms with Crippen LogP contribution in [0.4, 0.5) is 4.39 Å². The Hall–Kier alpha value is -1.09. The lowest BCUT2D eigenvalue weighted by molar-refractivity contribution is -0.160. The van der Waals surface area contributed by atoms with Gasteiger partial charge in [-0.1, -0.05) is 24.8 Å². The minimum Gasteiger partial charge on any atom is -0.469 e. The number of esters is 1. The molecule has 104 valence electrons. The summed E-state index contributed by atoms with van der Waals surface area (Å²) in [5, 5.41) is -0.0930. The van der Waals surface area contributed by atoms with E-state index in [0.29, 0.717) is 5.92 Å². The molecule has 0 aromatic carbocycles. The molecule has 0 heterocycles. The topological polar surface area (TPSA) is 26.3 Å². The van der Waals surface area contributed by atoms with Crippen molar-refractivity contribution in [1.29, 1.82) is 0 Å². The first-order valence-corrected chi connectivity index (χ1v) is 6.73. The van der Waals surface area contributed by atoms with E-state index in [4.69, 9.17) is 16.3 Å². The number of carbonyl (C=O) groups is 1. The van der Waals surface area contributed by atoms with Gasteiger partial charge in [-0.05, 0) is 48.7 Å². The van der Waals surface area contributed by atoms with E-state index in [1.807, 2.05) is 0 Å². The maximum Gasteiger partial charge on any atom is 0.308 e. The van der Waals surface area contributed by atoms with Crippen molar-refractivity contribution < 1.29 is 13.9 Å². The zero-order valence-electron chi connectivity index (χ0n) is 11.0. The third-order valence-corrected chi connectivity index (χ3v) is 4.53. The Labute approximate surface area is 118 Å². The summed E-state index contributed by atoms with van der Waals surface area (Å²) in [6.45, 7) is 7.22. The Balaban J connectivity index is 1.82. The Morgan fingerprint density at radius 2 is 1.84 bits per heavy atom. The number of hydrogen-bond donors (Lipinski definition) is 0. The number of ether oxygens (including phenoxy) is 1. The monoisotopic (exact) mass is 284 g/mol. The molecule has 0 aromatic rings. The van der Waals surface area contributed by atoms with Gasteiger partial charge in [0, 0.05) is 0 Å². The van der Waals surface area contributed by atoms with E-state index in [9.17, 15) is 9.18 Å². The largest absolute Gasteiger partial charge is 0.469 e. The lowest BCUT2D eigenvalue weighted by Gasteiger charge is -2.57. The van der Waals surface area contributed by atoms with E-state index in [-0.39, 0.29) is 22.3 Å². The van der Waals surface area contributed by atoms with E-state index < -0.39 is 5.83 Å². The molecule has 0 saturated heterocycles. The molecule has 0 aromatic heterocycles. The highest BCUT2D eigenvalue weighted by atomic mass is 35.5.